The van der Waals surface area contributed by atoms with Crippen LogP contribution < -0.4 is 21.3 Å². The van der Waals surface area contributed by atoms with Gasteiger partial charge in [0.1, 0.15) is 12.2 Å². The fourth-order valence-electron chi connectivity index (χ4n) is 12.9. The predicted molar refractivity (Wildman–Crippen MR) is 224 cm³/mol. The topological polar surface area (TPSA) is 101 Å². The van der Waals surface area contributed by atoms with E-state index >= 15 is 4.79 Å². The minimum Gasteiger partial charge on any atom is -0.462 e. The summed E-state index contributed by atoms with van der Waals surface area (Å²) in [6.07, 6.45) is 13.2. The second-order valence-electron chi connectivity index (χ2n) is 24.0. The van der Waals surface area contributed by atoms with Gasteiger partial charge in [-0.2, -0.15) is 0 Å². The Kier molecular flexibility index (Phi) is 13.4. The molecule has 4 N–H and O–H groups in total. The molecule has 0 atom stereocenters. The zero-order valence-electron chi connectivity index (χ0n) is 38.0. The summed E-state index contributed by atoms with van der Waals surface area (Å²) in [5, 5.41) is 15.3. The van der Waals surface area contributed by atoms with E-state index < -0.39 is 5.41 Å². The van der Waals surface area contributed by atoms with Crippen LogP contribution in [0.4, 0.5) is 0 Å². The summed E-state index contributed by atoms with van der Waals surface area (Å²) in [6.45, 7) is 36.3. The van der Waals surface area contributed by atoms with Crippen molar-refractivity contribution >= 4 is 11.9 Å². The Morgan fingerprint density at radius 3 is 1.11 bits per heavy atom. The highest BCUT2D eigenvalue weighted by molar-refractivity contribution is 5.78. The second-order valence-corrected chi connectivity index (χ2v) is 24.0. The molecule has 8 nitrogen and oxygen atoms in total. The monoisotopic (exact) mass is 759 g/mol. The number of carbonyl (C=O) groups excluding carboxylic acids is 2. The van der Waals surface area contributed by atoms with Crippen LogP contribution in [-0.4, -0.2) is 68.5 Å². The molecule has 0 radical (unpaired) electrons. The number of esters is 2. The number of ether oxygens (including phenoxy) is 2. The smallest absolute Gasteiger partial charge is 0.312 e. The van der Waals surface area contributed by atoms with Crippen LogP contribution in [0.5, 0.6) is 0 Å². The molecular weight excluding hydrogens is 673 g/mol. The van der Waals surface area contributed by atoms with Gasteiger partial charge in [0.25, 0.3) is 0 Å². The molecule has 8 heteroatoms. The molecule has 4 aliphatic heterocycles. The molecule has 4 heterocycles. The van der Waals surface area contributed by atoms with Crippen molar-refractivity contribution in [2.45, 2.75) is 264 Å². The van der Waals surface area contributed by atoms with E-state index in [1.165, 1.54) is 0 Å². The Hall–Kier alpha value is -1.22. The summed E-state index contributed by atoms with van der Waals surface area (Å²) >= 11 is 0. The lowest BCUT2D eigenvalue weighted by Crippen LogP contribution is -2.66. The Labute approximate surface area is 332 Å². The maximum absolute atomic E-state index is 15.5. The molecule has 0 aromatic heterocycles. The molecule has 4 saturated heterocycles. The van der Waals surface area contributed by atoms with Gasteiger partial charge in [0.15, 0.2) is 0 Å². The zero-order valence-corrected chi connectivity index (χ0v) is 38.0. The van der Waals surface area contributed by atoms with Crippen molar-refractivity contribution in [2.24, 2.45) is 17.3 Å². The molecule has 4 rings (SSSR count). The van der Waals surface area contributed by atoms with Crippen LogP contribution in [0, 0.1) is 17.3 Å². The average molecular weight is 759 g/mol. The van der Waals surface area contributed by atoms with E-state index in [9.17, 15) is 4.79 Å². The molecule has 4 fully saturated rings. The Morgan fingerprint density at radius 1 is 0.444 bits per heavy atom. The van der Waals surface area contributed by atoms with Crippen LogP contribution in [0.2, 0.25) is 0 Å². The van der Waals surface area contributed by atoms with E-state index in [4.69, 9.17) is 9.47 Å². The average Bonchev–Trinajstić information content (AvgIpc) is 2.87. The first-order valence-electron chi connectivity index (χ1n) is 21.9. The molecule has 4 aliphatic rings. The summed E-state index contributed by atoms with van der Waals surface area (Å²) < 4.78 is 12.9. The van der Waals surface area contributed by atoms with Gasteiger partial charge in [-0.05, 0) is 161 Å². The second kappa shape index (κ2) is 15.9. The van der Waals surface area contributed by atoms with Gasteiger partial charge in [-0.1, -0.05) is 25.7 Å². The lowest BCUT2D eigenvalue weighted by atomic mass is 9.52. The summed E-state index contributed by atoms with van der Waals surface area (Å²) in [4.78, 5) is 28.5. The van der Waals surface area contributed by atoms with Gasteiger partial charge in [-0.15, -0.1) is 0 Å². The fraction of sp³-hybridized carbons (Fsp3) is 0.957. The molecule has 0 saturated carbocycles. The summed E-state index contributed by atoms with van der Waals surface area (Å²) in [5.41, 5.74) is -1.28. The summed E-state index contributed by atoms with van der Waals surface area (Å²) in [5.74, 6) is 0.401. The van der Waals surface area contributed by atoms with Crippen molar-refractivity contribution < 1.29 is 19.1 Å². The SMILES string of the molecule is CC1(C)CC(OC(=O)CCCCCCCC(C(=O)OC2CC(C)(C)NC(C)(C)C2)(C2CC(C)(C)NC(C)(C)C2)C2CC(C)(C)NC(C)(C)C2)CC(C)(C)N1. The zero-order chi connectivity index (χ0) is 40.8. The first-order valence-corrected chi connectivity index (χ1v) is 21.9. The highest BCUT2D eigenvalue weighted by Gasteiger charge is 2.59. The molecule has 0 aromatic carbocycles. The van der Waals surface area contributed by atoms with Crippen molar-refractivity contribution in [3.05, 3.63) is 0 Å². The van der Waals surface area contributed by atoms with Gasteiger partial charge in [-0.3, -0.25) is 9.59 Å². The van der Waals surface area contributed by atoms with E-state index in [1.807, 2.05) is 0 Å². The molecule has 54 heavy (non-hydrogen) atoms. The molecular formula is C46H86N4O4. The van der Waals surface area contributed by atoms with Gasteiger partial charge in [0.05, 0.1) is 5.41 Å². The van der Waals surface area contributed by atoms with Gasteiger partial charge < -0.3 is 30.7 Å². The molecule has 0 aromatic rings. The molecule has 0 amide bonds. The highest BCUT2D eigenvalue weighted by Crippen LogP contribution is 2.56. The number of piperidine rings is 4. The first-order chi connectivity index (χ1) is 24.3. The number of hydrogen-bond donors (Lipinski definition) is 4. The highest BCUT2D eigenvalue weighted by atomic mass is 16.5. The van der Waals surface area contributed by atoms with Crippen molar-refractivity contribution in [1.82, 2.24) is 21.3 Å². The maximum Gasteiger partial charge on any atom is 0.312 e. The third-order valence-electron chi connectivity index (χ3n) is 13.1. The summed E-state index contributed by atoms with van der Waals surface area (Å²) in [7, 11) is 0. The Balaban J connectivity index is 1.53. The predicted octanol–water partition coefficient (Wildman–Crippen LogP) is 9.52. The van der Waals surface area contributed by atoms with Gasteiger partial charge in [0, 0.05) is 76.4 Å². The third-order valence-corrected chi connectivity index (χ3v) is 13.1. The number of rotatable bonds is 13. The minimum absolute atomic E-state index is 0.0338. The van der Waals surface area contributed by atoms with Crippen molar-refractivity contribution in [1.29, 1.82) is 0 Å². The Morgan fingerprint density at radius 2 is 0.741 bits per heavy atom. The van der Waals surface area contributed by atoms with Crippen LogP contribution >= 0.6 is 0 Å². The summed E-state index contributed by atoms with van der Waals surface area (Å²) in [6, 6.07) is 0. The van der Waals surface area contributed by atoms with Crippen LogP contribution in [0.15, 0.2) is 0 Å². The maximum atomic E-state index is 15.5. The van der Waals surface area contributed by atoms with Crippen molar-refractivity contribution in [3.63, 3.8) is 0 Å². The number of hydrogen-bond acceptors (Lipinski definition) is 8. The molecule has 314 valence electrons. The molecule has 0 aliphatic carbocycles. The van der Waals surface area contributed by atoms with E-state index in [-0.39, 0.29) is 80.3 Å². The van der Waals surface area contributed by atoms with Crippen LogP contribution in [0.3, 0.4) is 0 Å². The van der Waals surface area contributed by atoms with E-state index in [0.717, 1.165) is 89.9 Å². The quantitative estimate of drug-likeness (QED) is 0.109. The standard InChI is InChI=1S/C46H86N4O4/c1-38(2)24-32(25-39(3,4)47-38)46(33-26-40(5,6)48-41(7,8)27-33,37(52)54-35-30-44(13,14)50-45(15,16)31-35)23-21-19-17-18-20-22-36(51)53-34-28-42(9,10)49-43(11,12)29-34/h32-35,47-50H,17-31H2,1-16H3. The normalized spacial score (nSPS) is 27.9. The minimum atomic E-state index is -0.591. The molecule has 0 bridgehead atoms. The Bertz CT molecular complexity index is 1210. The fourth-order valence-corrected chi connectivity index (χ4v) is 12.9. The first kappa shape index (κ1) is 45.5. The lowest BCUT2D eigenvalue weighted by Gasteiger charge is -2.58. The van der Waals surface area contributed by atoms with E-state index in [2.05, 4.69) is 132 Å². The largest absolute Gasteiger partial charge is 0.462 e. The van der Waals surface area contributed by atoms with Crippen molar-refractivity contribution in [2.75, 3.05) is 0 Å². The molecule has 0 unspecified atom stereocenters. The van der Waals surface area contributed by atoms with Gasteiger partial charge in [-0.25, -0.2) is 0 Å². The third kappa shape index (κ3) is 12.6. The van der Waals surface area contributed by atoms with Gasteiger partial charge in [0.2, 0.25) is 0 Å². The molecule has 0 spiro atoms. The van der Waals surface area contributed by atoms with Crippen LogP contribution in [-0.2, 0) is 19.1 Å². The van der Waals surface area contributed by atoms with E-state index in [0.29, 0.717) is 6.42 Å². The lowest BCUT2D eigenvalue weighted by molar-refractivity contribution is -0.182. The van der Waals surface area contributed by atoms with Crippen LogP contribution in [0.1, 0.15) is 207 Å². The van der Waals surface area contributed by atoms with Gasteiger partial charge >= 0.3 is 11.9 Å². The number of unbranched alkanes of at least 4 members (excludes halogenated alkanes) is 4. The number of carbonyl (C=O) groups is 2. The van der Waals surface area contributed by atoms with Crippen molar-refractivity contribution in [3.8, 4) is 0 Å². The number of nitrogens with one attached hydrogen (secondary N) is 4. The van der Waals surface area contributed by atoms with Crippen LogP contribution in [0.25, 0.3) is 0 Å². The van der Waals surface area contributed by atoms with E-state index in [1.54, 1.807) is 0 Å².